The van der Waals surface area contributed by atoms with E-state index >= 15 is 0 Å². The zero-order chi connectivity index (χ0) is 14.2. The fourth-order valence-electron chi connectivity index (χ4n) is 3.16. The van der Waals surface area contributed by atoms with Crippen molar-refractivity contribution in [3.05, 3.63) is 88.7 Å². The quantitative estimate of drug-likeness (QED) is 0.711. The van der Waals surface area contributed by atoms with E-state index in [1.165, 1.54) is 22.5 Å². The van der Waals surface area contributed by atoms with E-state index in [9.17, 15) is 0 Å². The number of halogens is 1. The summed E-state index contributed by atoms with van der Waals surface area (Å²) in [6.45, 7) is 0.967. The Labute approximate surface area is 129 Å². The maximum absolute atomic E-state index is 6.17. The first kappa shape index (κ1) is 12.7. The first-order chi connectivity index (χ1) is 10.3. The van der Waals surface area contributed by atoms with E-state index in [0.29, 0.717) is 0 Å². The monoisotopic (exact) mass is 295 g/mol. The molecule has 1 unspecified atom stereocenters. The number of rotatable bonds is 1. The molecule has 1 aliphatic rings. The molecule has 1 aliphatic heterocycles. The maximum atomic E-state index is 6.17. The molecule has 0 amide bonds. The van der Waals surface area contributed by atoms with Gasteiger partial charge in [-0.15, -0.1) is 0 Å². The summed E-state index contributed by atoms with van der Waals surface area (Å²) in [6.07, 6.45) is 2.14. The van der Waals surface area contributed by atoms with Crippen LogP contribution in [-0.4, -0.2) is 4.57 Å². The Morgan fingerprint density at radius 1 is 1.00 bits per heavy atom. The number of quaternary nitrogens is 1. The second-order valence-electron chi connectivity index (χ2n) is 5.40. The van der Waals surface area contributed by atoms with Crippen molar-refractivity contribution < 1.29 is 5.32 Å². The Bertz CT molecular complexity index is 791. The minimum Gasteiger partial charge on any atom is -0.331 e. The molecule has 1 atom stereocenters. The minimum absolute atomic E-state index is 0.270. The summed E-state index contributed by atoms with van der Waals surface area (Å²) >= 11 is 6.17. The molecule has 0 saturated heterocycles. The second kappa shape index (κ2) is 5.06. The SMILES string of the molecule is Clc1cccc(C2[NH2+]Cc3ccccc3-n3cccc32)c1. The second-order valence-corrected chi connectivity index (χ2v) is 5.84. The zero-order valence-corrected chi connectivity index (χ0v) is 12.3. The van der Waals surface area contributed by atoms with Crippen molar-refractivity contribution in [1.82, 2.24) is 4.57 Å². The highest BCUT2D eigenvalue weighted by Crippen LogP contribution is 2.27. The highest BCUT2D eigenvalue weighted by molar-refractivity contribution is 6.30. The Morgan fingerprint density at radius 2 is 1.90 bits per heavy atom. The predicted molar refractivity (Wildman–Crippen MR) is 84.7 cm³/mol. The van der Waals surface area contributed by atoms with Crippen molar-refractivity contribution in [3.63, 3.8) is 0 Å². The van der Waals surface area contributed by atoms with Gasteiger partial charge in [0.05, 0.1) is 11.4 Å². The summed E-state index contributed by atoms with van der Waals surface area (Å²) < 4.78 is 2.30. The topological polar surface area (TPSA) is 21.5 Å². The molecule has 0 aliphatic carbocycles. The number of fused-ring (bicyclic) bond motifs is 3. The van der Waals surface area contributed by atoms with Crippen LogP contribution >= 0.6 is 11.6 Å². The number of benzene rings is 2. The summed E-state index contributed by atoms with van der Waals surface area (Å²) in [4.78, 5) is 0. The third-order valence-electron chi connectivity index (χ3n) is 4.13. The Kier molecular flexibility index (Phi) is 3.06. The number of nitrogens with zero attached hydrogens (tertiary/aromatic N) is 1. The van der Waals surface area contributed by atoms with Crippen molar-refractivity contribution >= 4 is 11.6 Å². The summed E-state index contributed by atoms with van der Waals surface area (Å²) in [7, 11) is 0. The largest absolute Gasteiger partial charge is 0.331 e. The molecular weight excluding hydrogens is 280 g/mol. The lowest BCUT2D eigenvalue weighted by Gasteiger charge is -2.15. The van der Waals surface area contributed by atoms with Gasteiger partial charge in [0.25, 0.3) is 0 Å². The molecule has 0 radical (unpaired) electrons. The van der Waals surface area contributed by atoms with E-state index in [1.54, 1.807) is 0 Å². The van der Waals surface area contributed by atoms with Crippen LogP contribution in [0.3, 0.4) is 0 Å². The molecule has 0 spiro atoms. The number of nitrogens with two attached hydrogens (primary N) is 1. The molecule has 3 aromatic rings. The van der Waals surface area contributed by atoms with Gasteiger partial charge in [-0.05, 0) is 30.3 Å². The van der Waals surface area contributed by atoms with Gasteiger partial charge in [-0.3, -0.25) is 0 Å². The van der Waals surface area contributed by atoms with Crippen molar-refractivity contribution in [2.45, 2.75) is 12.6 Å². The molecule has 0 fully saturated rings. The molecule has 3 heteroatoms. The normalized spacial score (nSPS) is 16.9. The van der Waals surface area contributed by atoms with Gasteiger partial charge in [-0.1, -0.05) is 41.9 Å². The van der Waals surface area contributed by atoms with E-state index in [2.05, 4.69) is 64.6 Å². The summed E-state index contributed by atoms with van der Waals surface area (Å²) in [5.74, 6) is 0. The average Bonchev–Trinajstić information content (AvgIpc) is 2.92. The summed E-state index contributed by atoms with van der Waals surface area (Å²) in [5.41, 5.74) is 5.18. The third-order valence-corrected chi connectivity index (χ3v) is 4.37. The van der Waals surface area contributed by atoms with Gasteiger partial charge in [0.2, 0.25) is 0 Å². The summed E-state index contributed by atoms with van der Waals surface area (Å²) in [5, 5.41) is 3.17. The standard InChI is InChI=1S/C18H15ClN2/c19-15-7-3-6-13(11-15)18-17-9-4-10-21(17)16-8-2-1-5-14(16)12-20-18/h1-11,18,20H,12H2/p+1. The fraction of sp³-hybridized carbons (Fsp3) is 0.111. The Balaban J connectivity index is 1.87. The van der Waals surface area contributed by atoms with Crippen LogP contribution in [0.4, 0.5) is 0 Å². The first-order valence-electron chi connectivity index (χ1n) is 7.17. The molecular formula is C18H16ClN2+. The molecule has 2 heterocycles. The Hall–Kier alpha value is -2.03. The predicted octanol–water partition coefficient (Wildman–Crippen LogP) is 3.30. The molecule has 21 heavy (non-hydrogen) atoms. The van der Waals surface area contributed by atoms with Crippen molar-refractivity contribution in [2.24, 2.45) is 0 Å². The van der Waals surface area contributed by atoms with Gasteiger partial charge in [0.1, 0.15) is 6.54 Å². The number of hydrogen-bond acceptors (Lipinski definition) is 0. The zero-order valence-electron chi connectivity index (χ0n) is 11.5. The van der Waals surface area contributed by atoms with Crippen LogP contribution in [-0.2, 0) is 6.54 Å². The third kappa shape index (κ3) is 2.17. The van der Waals surface area contributed by atoms with Crippen LogP contribution in [0, 0.1) is 0 Å². The van der Waals surface area contributed by atoms with Crippen LogP contribution < -0.4 is 5.32 Å². The van der Waals surface area contributed by atoms with Crippen LogP contribution in [0.5, 0.6) is 0 Å². The average molecular weight is 296 g/mol. The lowest BCUT2D eigenvalue weighted by atomic mass is 10.0. The fourth-order valence-corrected chi connectivity index (χ4v) is 3.36. The van der Waals surface area contributed by atoms with Crippen LogP contribution in [0.15, 0.2) is 66.9 Å². The van der Waals surface area contributed by atoms with Crippen molar-refractivity contribution in [1.29, 1.82) is 0 Å². The molecule has 4 rings (SSSR count). The van der Waals surface area contributed by atoms with Gasteiger partial charge in [0, 0.05) is 22.3 Å². The van der Waals surface area contributed by atoms with Gasteiger partial charge in [-0.25, -0.2) is 0 Å². The molecule has 2 N–H and O–H groups in total. The molecule has 0 saturated carbocycles. The maximum Gasteiger partial charge on any atom is 0.153 e. The molecule has 2 aromatic carbocycles. The highest BCUT2D eigenvalue weighted by atomic mass is 35.5. The lowest BCUT2D eigenvalue weighted by Crippen LogP contribution is -2.83. The number of aromatic nitrogens is 1. The Morgan fingerprint density at radius 3 is 2.81 bits per heavy atom. The van der Waals surface area contributed by atoms with Crippen molar-refractivity contribution in [3.8, 4) is 5.69 Å². The molecule has 104 valence electrons. The molecule has 2 nitrogen and oxygen atoms in total. The minimum atomic E-state index is 0.270. The van der Waals surface area contributed by atoms with E-state index < -0.39 is 0 Å². The van der Waals surface area contributed by atoms with E-state index in [0.717, 1.165) is 11.6 Å². The first-order valence-corrected chi connectivity index (χ1v) is 7.55. The van der Waals surface area contributed by atoms with E-state index in [-0.39, 0.29) is 6.04 Å². The van der Waals surface area contributed by atoms with Crippen LogP contribution in [0.2, 0.25) is 5.02 Å². The number of hydrogen-bond donors (Lipinski definition) is 1. The van der Waals surface area contributed by atoms with Gasteiger partial charge >= 0.3 is 0 Å². The van der Waals surface area contributed by atoms with E-state index in [4.69, 9.17) is 11.6 Å². The van der Waals surface area contributed by atoms with Crippen LogP contribution in [0.25, 0.3) is 5.69 Å². The van der Waals surface area contributed by atoms with Gasteiger partial charge < -0.3 is 9.88 Å². The molecule has 1 aromatic heterocycles. The van der Waals surface area contributed by atoms with Gasteiger partial charge in [0.15, 0.2) is 6.04 Å². The van der Waals surface area contributed by atoms with E-state index in [1.807, 2.05) is 12.1 Å². The van der Waals surface area contributed by atoms with Gasteiger partial charge in [-0.2, -0.15) is 0 Å². The lowest BCUT2D eigenvalue weighted by molar-refractivity contribution is -0.702. The van der Waals surface area contributed by atoms with Crippen LogP contribution in [0.1, 0.15) is 22.9 Å². The summed E-state index contributed by atoms with van der Waals surface area (Å²) in [6, 6.07) is 21.3. The number of para-hydroxylation sites is 1. The highest BCUT2D eigenvalue weighted by Gasteiger charge is 2.25. The molecule has 0 bridgehead atoms. The van der Waals surface area contributed by atoms with Crippen molar-refractivity contribution in [2.75, 3.05) is 0 Å². The smallest absolute Gasteiger partial charge is 0.153 e.